The molecule has 0 fully saturated rings. The van der Waals surface area contributed by atoms with Crippen LogP contribution in [0.25, 0.3) is 39.2 Å². The molecule has 2 N–H and O–H groups in total. The summed E-state index contributed by atoms with van der Waals surface area (Å²) in [5.41, 5.74) is 12.7. The number of nitrogens with two attached hydrogens (primary N) is 1. The standard InChI is InChI=1S/C26H20N4O/c1-17(31)22-16-23-25(20-10-6-3-7-11-20)28-26(27)30(23)29-24(22)21-14-12-19(13-15-21)18-8-4-2-5-9-18/h2-16H,1H3,(H2,27,28). The molecule has 2 aromatic heterocycles. The number of anilines is 1. The monoisotopic (exact) mass is 404 g/mol. The van der Waals surface area contributed by atoms with E-state index in [9.17, 15) is 4.79 Å². The first-order valence-corrected chi connectivity index (χ1v) is 10.0. The van der Waals surface area contributed by atoms with Gasteiger partial charge in [0.15, 0.2) is 5.78 Å². The average molecular weight is 404 g/mol. The molecule has 0 aliphatic rings. The summed E-state index contributed by atoms with van der Waals surface area (Å²) in [7, 11) is 0. The van der Waals surface area contributed by atoms with Gasteiger partial charge in [-0.15, -0.1) is 0 Å². The molecule has 5 heteroatoms. The highest BCUT2D eigenvalue weighted by Gasteiger charge is 2.19. The lowest BCUT2D eigenvalue weighted by molar-refractivity contribution is 0.101. The minimum Gasteiger partial charge on any atom is -0.368 e. The summed E-state index contributed by atoms with van der Waals surface area (Å²) < 4.78 is 1.61. The van der Waals surface area contributed by atoms with Gasteiger partial charge in [-0.3, -0.25) is 4.79 Å². The molecule has 0 spiro atoms. The Morgan fingerprint density at radius 1 is 0.742 bits per heavy atom. The number of imidazole rings is 1. The fraction of sp³-hybridized carbons (Fsp3) is 0.0385. The lowest BCUT2D eigenvalue weighted by Crippen LogP contribution is -2.06. The lowest BCUT2D eigenvalue weighted by Gasteiger charge is -2.10. The van der Waals surface area contributed by atoms with Gasteiger partial charge in [0.1, 0.15) is 11.4 Å². The second kappa shape index (κ2) is 7.54. The van der Waals surface area contributed by atoms with Gasteiger partial charge in [-0.1, -0.05) is 84.9 Å². The zero-order valence-corrected chi connectivity index (χ0v) is 17.0. The summed E-state index contributed by atoms with van der Waals surface area (Å²) >= 11 is 0. The Morgan fingerprint density at radius 2 is 1.26 bits per heavy atom. The zero-order valence-electron chi connectivity index (χ0n) is 17.0. The van der Waals surface area contributed by atoms with Crippen molar-refractivity contribution in [2.24, 2.45) is 0 Å². The van der Waals surface area contributed by atoms with Crippen molar-refractivity contribution >= 4 is 17.2 Å². The van der Waals surface area contributed by atoms with Crippen LogP contribution in [0, 0.1) is 0 Å². The van der Waals surface area contributed by atoms with Crippen molar-refractivity contribution in [1.82, 2.24) is 14.6 Å². The summed E-state index contributed by atoms with van der Waals surface area (Å²) in [5.74, 6) is 0.224. The molecule has 0 amide bonds. The van der Waals surface area contributed by atoms with Gasteiger partial charge in [-0.25, -0.2) is 4.98 Å². The number of ketones is 1. The normalized spacial score (nSPS) is 11.0. The Kier molecular flexibility index (Phi) is 4.56. The van der Waals surface area contributed by atoms with E-state index in [4.69, 9.17) is 10.8 Å². The average Bonchev–Trinajstić information content (AvgIpc) is 3.15. The summed E-state index contributed by atoms with van der Waals surface area (Å²) in [6, 6.07) is 29.8. The van der Waals surface area contributed by atoms with Crippen LogP contribution >= 0.6 is 0 Å². The Labute approximate surface area is 179 Å². The first kappa shape index (κ1) is 18.8. The van der Waals surface area contributed by atoms with E-state index in [1.165, 1.54) is 0 Å². The maximum absolute atomic E-state index is 12.5. The van der Waals surface area contributed by atoms with E-state index in [1.54, 1.807) is 11.4 Å². The number of hydrogen-bond donors (Lipinski definition) is 1. The SMILES string of the molecule is CC(=O)c1cc2c(-c3ccccc3)nc(N)n2nc1-c1ccc(-c2ccccc2)cc1. The number of hydrogen-bond acceptors (Lipinski definition) is 4. The number of nitrogen functional groups attached to an aromatic ring is 1. The van der Waals surface area contributed by atoms with Gasteiger partial charge < -0.3 is 5.73 Å². The second-order valence-electron chi connectivity index (χ2n) is 7.39. The van der Waals surface area contributed by atoms with Crippen LogP contribution in [0.4, 0.5) is 5.95 Å². The molecule has 150 valence electrons. The predicted molar refractivity (Wildman–Crippen MR) is 124 cm³/mol. The summed E-state index contributed by atoms with van der Waals surface area (Å²) in [5, 5.41) is 4.72. The van der Waals surface area contributed by atoms with E-state index in [0.29, 0.717) is 22.5 Å². The molecule has 5 nitrogen and oxygen atoms in total. The number of carbonyl (C=O) groups excluding carboxylic acids is 1. The van der Waals surface area contributed by atoms with Crippen molar-refractivity contribution in [2.45, 2.75) is 6.92 Å². The highest BCUT2D eigenvalue weighted by molar-refractivity contribution is 6.01. The van der Waals surface area contributed by atoms with E-state index < -0.39 is 0 Å². The van der Waals surface area contributed by atoms with Crippen LogP contribution in [-0.2, 0) is 0 Å². The van der Waals surface area contributed by atoms with Crippen molar-refractivity contribution in [3.8, 4) is 33.6 Å². The van der Waals surface area contributed by atoms with Crippen molar-refractivity contribution in [1.29, 1.82) is 0 Å². The van der Waals surface area contributed by atoms with Crippen LogP contribution in [0.2, 0.25) is 0 Å². The summed E-state index contributed by atoms with van der Waals surface area (Å²) in [6.07, 6.45) is 0. The summed E-state index contributed by atoms with van der Waals surface area (Å²) in [6.45, 7) is 1.55. The molecule has 31 heavy (non-hydrogen) atoms. The molecule has 0 bridgehead atoms. The fourth-order valence-electron chi connectivity index (χ4n) is 3.78. The molecule has 2 heterocycles. The third-order valence-corrected chi connectivity index (χ3v) is 5.34. The van der Waals surface area contributed by atoms with E-state index in [0.717, 1.165) is 22.3 Å². The third kappa shape index (κ3) is 3.36. The second-order valence-corrected chi connectivity index (χ2v) is 7.39. The highest BCUT2D eigenvalue weighted by atomic mass is 16.1. The fourth-order valence-corrected chi connectivity index (χ4v) is 3.78. The number of carbonyl (C=O) groups is 1. The minimum absolute atomic E-state index is 0.0593. The van der Waals surface area contributed by atoms with Crippen molar-refractivity contribution < 1.29 is 4.79 Å². The number of rotatable bonds is 4. The van der Waals surface area contributed by atoms with E-state index in [2.05, 4.69) is 17.1 Å². The van der Waals surface area contributed by atoms with Crippen LogP contribution in [-0.4, -0.2) is 20.4 Å². The summed E-state index contributed by atoms with van der Waals surface area (Å²) in [4.78, 5) is 17.0. The lowest BCUT2D eigenvalue weighted by atomic mass is 9.99. The molecule has 0 radical (unpaired) electrons. The first-order chi connectivity index (χ1) is 15.1. The van der Waals surface area contributed by atoms with E-state index >= 15 is 0 Å². The van der Waals surface area contributed by atoms with Gasteiger partial charge in [0.2, 0.25) is 5.95 Å². The number of aromatic nitrogens is 3. The molecule has 5 rings (SSSR count). The maximum atomic E-state index is 12.5. The Morgan fingerprint density at radius 3 is 1.87 bits per heavy atom. The van der Waals surface area contributed by atoms with Crippen LogP contribution in [0.1, 0.15) is 17.3 Å². The largest absolute Gasteiger partial charge is 0.368 e. The molecule has 0 unspecified atom stereocenters. The van der Waals surface area contributed by atoms with Crippen LogP contribution < -0.4 is 5.73 Å². The predicted octanol–water partition coefficient (Wildman–Crippen LogP) is 5.52. The molecular weight excluding hydrogens is 384 g/mol. The zero-order chi connectivity index (χ0) is 21.4. The van der Waals surface area contributed by atoms with Crippen molar-refractivity contribution in [3.05, 3.63) is 96.6 Å². The van der Waals surface area contributed by atoms with Gasteiger partial charge in [-0.2, -0.15) is 9.61 Å². The molecule has 0 saturated carbocycles. The number of nitrogens with zero attached hydrogens (tertiary/aromatic N) is 3. The topological polar surface area (TPSA) is 73.3 Å². The molecule has 0 aliphatic heterocycles. The van der Waals surface area contributed by atoms with Gasteiger partial charge in [0.25, 0.3) is 0 Å². The van der Waals surface area contributed by atoms with Crippen LogP contribution in [0.15, 0.2) is 91.0 Å². The van der Waals surface area contributed by atoms with E-state index in [-0.39, 0.29) is 11.7 Å². The van der Waals surface area contributed by atoms with E-state index in [1.807, 2.05) is 78.9 Å². The van der Waals surface area contributed by atoms with Gasteiger partial charge in [0.05, 0.1) is 5.52 Å². The van der Waals surface area contributed by atoms with Crippen molar-refractivity contribution in [2.75, 3.05) is 5.73 Å². The van der Waals surface area contributed by atoms with Crippen LogP contribution in [0.5, 0.6) is 0 Å². The van der Waals surface area contributed by atoms with Crippen LogP contribution in [0.3, 0.4) is 0 Å². The Balaban J connectivity index is 1.66. The molecule has 0 aliphatic carbocycles. The molecule has 3 aromatic carbocycles. The number of benzene rings is 3. The van der Waals surface area contributed by atoms with Crippen molar-refractivity contribution in [3.63, 3.8) is 0 Å². The Bertz CT molecular complexity index is 1390. The molecule has 0 saturated heterocycles. The number of Topliss-reactive ketones (excluding diaryl/α,β-unsaturated/α-hetero) is 1. The highest BCUT2D eigenvalue weighted by Crippen LogP contribution is 2.31. The first-order valence-electron chi connectivity index (χ1n) is 10.0. The third-order valence-electron chi connectivity index (χ3n) is 5.34. The number of fused-ring (bicyclic) bond motifs is 1. The van der Waals surface area contributed by atoms with Gasteiger partial charge >= 0.3 is 0 Å². The van der Waals surface area contributed by atoms with Gasteiger partial charge in [0, 0.05) is 16.7 Å². The molecule has 5 aromatic rings. The quantitative estimate of drug-likeness (QED) is 0.401. The smallest absolute Gasteiger partial charge is 0.222 e. The Hall–Kier alpha value is -4.25. The van der Waals surface area contributed by atoms with Gasteiger partial charge in [-0.05, 0) is 24.1 Å². The minimum atomic E-state index is -0.0593. The maximum Gasteiger partial charge on any atom is 0.222 e. The molecular formula is C26H20N4O. The molecule has 0 atom stereocenters.